The average molecular weight is 756 g/mol. The SMILES string of the molecule is CN1CCN(c2ncc(-c3cccc(C[C@H](CC(=O)C4CCC(CNC(=O)OC(C)(C)C)CC4)C(=O)Nc4ccc(-c5n[nH]c(Cl)n5)cc4)c3)cn2)CC1. The van der Waals surface area contributed by atoms with Crippen LogP contribution in [-0.4, -0.2) is 93.2 Å². The lowest BCUT2D eigenvalue weighted by Gasteiger charge is -2.32. The summed E-state index contributed by atoms with van der Waals surface area (Å²) in [7, 11) is 2.12. The van der Waals surface area contributed by atoms with Gasteiger partial charge in [-0.2, -0.15) is 10.1 Å². The maximum Gasteiger partial charge on any atom is 0.407 e. The molecule has 54 heavy (non-hydrogen) atoms. The number of ketones is 1. The largest absolute Gasteiger partial charge is 0.444 e. The number of likely N-dealkylation sites (N-methyl/N-ethyl adjacent to an activating group) is 1. The Labute approximate surface area is 321 Å². The van der Waals surface area contributed by atoms with Crippen LogP contribution in [0.5, 0.6) is 0 Å². The molecule has 2 aromatic heterocycles. The number of H-pyrrole nitrogens is 1. The molecule has 4 aromatic rings. The number of amides is 2. The Morgan fingerprint density at radius 3 is 2.30 bits per heavy atom. The zero-order valence-corrected chi connectivity index (χ0v) is 32.2. The van der Waals surface area contributed by atoms with E-state index in [4.69, 9.17) is 16.3 Å². The normalized spacial score (nSPS) is 18.5. The van der Waals surface area contributed by atoms with Gasteiger partial charge in [0.25, 0.3) is 0 Å². The first-order valence-electron chi connectivity index (χ1n) is 18.7. The minimum Gasteiger partial charge on any atom is -0.444 e. The second kappa shape index (κ2) is 17.5. The maximum absolute atomic E-state index is 14.0. The zero-order chi connectivity index (χ0) is 38.2. The van der Waals surface area contributed by atoms with Crippen LogP contribution < -0.4 is 15.5 Å². The van der Waals surface area contributed by atoms with E-state index in [-0.39, 0.29) is 35.2 Å². The van der Waals surface area contributed by atoms with Crippen LogP contribution in [0.1, 0.15) is 58.4 Å². The van der Waals surface area contributed by atoms with Crippen molar-refractivity contribution in [3.63, 3.8) is 0 Å². The van der Waals surface area contributed by atoms with Gasteiger partial charge in [-0.05, 0) is 113 Å². The predicted molar refractivity (Wildman–Crippen MR) is 209 cm³/mol. The molecule has 0 bridgehead atoms. The number of Topliss-reactive ketones (excluding diaryl/α,β-unsaturated/α-hetero) is 1. The van der Waals surface area contributed by atoms with Crippen molar-refractivity contribution in [3.8, 4) is 22.5 Å². The molecule has 1 atom stereocenters. The number of benzene rings is 2. The summed E-state index contributed by atoms with van der Waals surface area (Å²) in [6, 6.07) is 15.2. The summed E-state index contributed by atoms with van der Waals surface area (Å²) in [5.74, 6) is 0.597. The van der Waals surface area contributed by atoms with Gasteiger partial charge in [-0.1, -0.05) is 24.3 Å². The third-order valence-electron chi connectivity index (χ3n) is 10.1. The fourth-order valence-electron chi connectivity index (χ4n) is 7.02. The Bertz CT molecular complexity index is 1880. The van der Waals surface area contributed by atoms with Gasteiger partial charge in [-0.3, -0.25) is 9.59 Å². The molecule has 14 heteroatoms. The maximum atomic E-state index is 14.0. The van der Waals surface area contributed by atoms with Crippen LogP contribution in [0.15, 0.2) is 60.9 Å². The van der Waals surface area contributed by atoms with E-state index in [9.17, 15) is 14.4 Å². The van der Waals surface area contributed by atoms with Crippen LogP contribution in [0.2, 0.25) is 5.28 Å². The standard InChI is InChI=1S/C40H50ClN9O4/c1-40(2,3)54-39(53)44-23-26-8-10-28(11-9-26)34(51)22-31(36(52)45-33-14-12-29(13-15-33)35-46-37(41)48-47-35)21-27-6-5-7-30(20-27)32-24-42-38(43-25-32)50-18-16-49(4)17-19-50/h5-7,12-15,20,24-26,28,31H,8-11,16-19,21-23H2,1-4H3,(H,44,53)(H,45,52)(H,46,47,48)/t26?,28?,31-/m1/s1. The smallest absolute Gasteiger partial charge is 0.407 e. The van der Waals surface area contributed by atoms with E-state index >= 15 is 0 Å². The molecular weight excluding hydrogens is 706 g/mol. The van der Waals surface area contributed by atoms with E-state index < -0.39 is 17.6 Å². The number of hydrogen-bond donors (Lipinski definition) is 3. The van der Waals surface area contributed by atoms with Crippen LogP contribution in [0.25, 0.3) is 22.5 Å². The Morgan fingerprint density at radius 2 is 1.65 bits per heavy atom. The third-order valence-corrected chi connectivity index (χ3v) is 10.3. The number of hydrogen-bond acceptors (Lipinski definition) is 10. The molecule has 2 fully saturated rings. The highest BCUT2D eigenvalue weighted by Gasteiger charge is 2.31. The summed E-state index contributed by atoms with van der Waals surface area (Å²) in [6.07, 6.45) is 6.87. The highest BCUT2D eigenvalue weighted by molar-refractivity contribution is 6.28. The number of halogens is 1. The summed E-state index contributed by atoms with van der Waals surface area (Å²) in [4.78, 5) is 58.0. The van der Waals surface area contributed by atoms with E-state index in [0.717, 1.165) is 80.1 Å². The van der Waals surface area contributed by atoms with Crippen molar-refractivity contribution in [3.05, 3.63) is 71.8 Å². The van der Waals surface area contributed by atoms with Crippen LogP contribution in [-0.2, 0) is 20.7 Å². The number of nitrogens with zero attached hydrogens (tertiary/aromatic N) is 6. The number of carbonyl (C=O) groups is 3. The van der Waals surface area contributed by atoms with Gasteiger partial charge in [-0.15, -0.1) is 0 Å². The number of nitrogens with one attached hydrogen (secondary N) is 3. The van der Waals surface area contributed by atoms with Gasteiger partial charge in [0.1, 0.15) is 11.4 Å². The molecule has 0 spiro atoms. The molecular formula is C40H50ClN9O4. The molecule has 1 saturated carbocycles. The molecule has 0 radical (unpaired) electrons. The minimum atomic E-state index is -0.596. The molecule has 2 aliphatic rings. The quantitative estimate of drug-likeness (QED) is 0.147. The van der Waals surface area contributed by atoms with E-state index in [0.29, 0.717) is 24.5 Å². The molecule has 2 amide bonds. The molecule has 13 nitrogen and oxygen atoms in total. The first-order chi connectivity index (χ1) is 25.9. The lowest BCUT2D eigenvalue weighted by atomic mass is 9.77. The summed E-state index contributed by atoms with van der Waals surface area (Å²) < 4.78 is 5.37. The monoisotopic (exact) mass is 755 g/mol. The first-order valence-corrected chi connectivity index (χ1v) is 19.1. The number of piperazine rings is 1. The molecule has 0 unspecified atom stereocenters. The van der Waals surface area contributed by atoms with Gasteiger partial charge in [0, 0.05) is 80.2 Å². The number of alkyl carbamates (subject to hydrolysis) is 1. The second-order valence-electron chi connectivity index (χ2n) is 15.5. The lowest BCUT2D eigenvalue weighted by molar-refractivity contribution is -0.129. The van der Waals surface area contributed by atoms with Gasteiger partial charge in [0.05, 0.1) is 0 Å². The van der Waals surface area contributed by atoms with Crippen LogP contribution in [0, 0.1) is 17.8 Å². The van der Waals surface area contributed by atoms with Crippen molar-refractivity contribution in [2.24, 2.45) is 17.8 Å². The van der Waals surface area contributed by atoms with E-state index in [1.54, 1.807) is 12.1 Å². The van der Waals surface area contributed by atoms with E-state index in [2.05, 4.69) is 58.7 Å². The van der Waals surface area contributed by atoms with Crippen molar-refractivity contribution in [1.82, 2.24) is 35.4 Å². The van der Waals surface area contributed by atoms with Crippen LogP contribution in [0.3, 0.4) is 0 Å². The highest BCUT2D eigenvalue weighted by Crippen LogP contribution is 2.32. The predicted octanol–water partition coefficient (Wildman–Crippen LogP) is 6.42. The van der Waals surface area contributed by atoms with Crippen molar-refractivity contribution in [2.75, 3.05) is 50.0 Å². The van der Waals surface area contributed by atoms with Crippen LogP contribution in [0.4, 0.5) is 16.4 Å². The number of rotatable bonds is 12. The molecule has 3 N–H and O–H groups in total. The van der Waals surface area contributed by atoms with Gasteiger partial charge >= 0.3 is 6.09 Å². The summed E-state index contributed by atoms with van der Waals surface area (Å²) in [5.41, 5.74) is 3.57. The molecule has 2 aromatic carbocycles. The number of aromatic nitrogens is 5. The summed E-state index contributed by atoms with van der Waals surface area (Å²) in [6.45, 7) is 9.75. The Kier molecular flexibility index (Phi) is 12.6. The molecule has 1 aliphatic heterocycles. The lowest BCUT2D eigenvalue weighted by Crippen LogP contribution is -2.45. The number of carbonyl (C=O) groups excluding carboxylic acids is 3. The number of anilines is 2. The van der Waals surface area contributed by atoms with Crippen LogP contribution >= 0.6 is 11.6 Å². The minimum absolute atomic E-state index is 0.0922. The molecule has 6 rings (SSSR count). The van der Waals surface area contributed by atoms with E-state index in [1.807, 2.05) is 63.5 Å². The molecule has 3 heterocycles. The van der Waals surface area contributed by atoms with Crippen molar-refractivity contribution in [1.29, 1.82) is 0 Å². The van der Waals surface area contributed by atoms with Gasteiger partial charge in [-0.25, -0.2) is 19.9 Å². The molecule has 286 valence electrons. The fourth-order valence-corrected chi connectivity index (χ4v) is 7.14. The van der Waals surface area contributed by atoms with Crippen molar-refractivity contribution < 1.29 is 19.1 Å². The summed E-state index contributed by atoms with van der Waals surface area (Å²) >= 11 is 5.90. The Balaban J connectivity index is 1.12. The average Bonchev–Trinajstić information content (AvgIpc) is 3.60. The highest BCUT2D eigenvalue weighted by atomic mass is 35.5. The van der Waals surface area contributed by atoms with Gasteiger partial charge in [0.2, 0.25) is 17.1 Å². The fraction of sp³-hybridized carbons (Fsp3) is 0.475. The van der Waals surface area contributed by atoms with Gasteiger partial charge in [0.15, 0.2) is 5.82 Å². The molecule has 1 aliphatic carbocycles. The number of aromatic amines is 1. The summed E-state index contributed by atoms with van der Waals surface area (Å²) in [5, 5.41) is 12.8. The first kappa shape index (κ1) is 38.8. The number of ether oxygens (including phenoxy) is 1. The Morgan fingerprint density at radius 1 is 0.944 bits per heavy atom. The Hall–Kier alpha value is -4.88. The van der Waals surface area contributed by atoms with Gasteiger partial charge < -0.3 is 25.2 Å². The molecule has 1 saturated heterocycles. The third kappa shape index (κ3) is 10.8. The van der Waals surface area contributed by atoms with Crippen molar-refractivity contribution >= 4 is 41.0 Å². The van der Waals surface area contributed by atoms with E-state index in [1.165, 1.54) is 0 Å². The second-order valence-corrected chi connectivity index (χ2v) is 15.8. The van der Waals surface area contributed by atoms with Crippen molar-refractivity contribution in [2.45, 2.75) is 64.9 Å². The zero-order valence-electron chi connectivity index (χ0n) is 31.5. The topological polar surface area (TPSA) is 158 Å².